The molecule has 9 nitrogen and oxygen atoms in total. The van der Waals surface area contributed by atoms with Crippen molar-refractivity contribution in [3.05, 3.63) is 71.5 Å². The number of aromatic nitrogens is 4. The first-order chi connectivity index (χ1) is 16.9. The van der Waals surface area contributed by atoms with Crippen LogP contribution in [0.3, 0.4) is 0 Å². The van der Waals surface area contributed by atoms with Crippen LogP contribution in [0.25, 0.3) is 27.8 Å². The van der Waals surface area contributed by atoms with Gasteiger partial charge in [0, 0.05) is 17.7 Å². The lowest BCUT2D eigenvalue weighted by Gasteiger charge is -2.14. The minimum absolute atomic E-state index is 0.135. The number of fused-ring (bicyclic) bond motifs is 1. The molecule has 1 amide bonds. The Morgan fingerprint density at radius 3 is 2.60 bits per heavy atom. The van der Waals surface area contributed by atoms with Gasteiger partial charge in [-0.15, -0.1) is 0 Å². The first kappa shape index (κ1) is 22.3. The Bertz CT molecular complexity index is 1460. The lowest BCUT2D eigenvalue weighted by Crippen LogP contribution is -2.12. The number of halogens is 1. The molecule has 0 radical (unpaired) electrons. The molecule has 0 saturated heterocycles. The van der Waals surface area contributed by atoms with E-state index < -0.39 is 11.7 Å². The van der Waals surface area contributed by atoms with Crippen molar-refractivity contribution >= 4 is 28.3 Å². The maximum Gasteiger partial charge on any atom is 0.292 e. The Morgan fingerprint density at radius 2 is 1.94 bits per heavy atom. The van der Waals surface area contributed by atoms with Crippen LogP contribution in [0.15, 0.2) is 66.0 Å². The zero-order valence-electron chi connectivity index (χ0n) is 18.7. The third kappa shape index (κ3) is 4.37. The molecule has 35 heavy (non-hydrogen) atoms. The number of hydrogen-bond acceptors (Lipinski definition) is 6. The number of hydrogen-bond donors (Lipinski definition) is 3. The van der Waals surface area contributed by atoms with Gasteiger partial charge in [-0.1, -0.05) is 6.58 Å². The van der Waals surface area contributed by atoms with E-state index in [2.05, 4.69) is 27.2 Å². The summed E-state index contributed by atoms with van der Waals surface area (Å²) in [7, 11) is 0. The molecule has 4 N–H and O–H groups in total. The van der Waals surface area contributed by atoms with Crippen molar-refractivity contribution in [1.29, 1.82) is 0 Å². The van der Waals surface area contributed by atoms with Crippen molar-refractivity contribution in [2.45, 2.75) is 31.5 Å². The van der Waals surface area contributed by atoms with E-state index >= 15 is 0 Å². The molecule has 0 aliphatic heterocycles. The van der Waals surface area contributed by atoms with Crippen molar-refractivity contribution in [2.24, 2.45) is 0 Å². The van der Waals surface area contributed by atoms with E-state index in [0.29, 0.717) is 47.5 Å². The molecular weight excluding hydrogens is 451 g/mol. The molecular formula is C25H23FN6O3. The zero-order valence-corrected chi connectivity index (χ0v) is 18.7. The molecule has 0 bridgehead atoms. The summed E-state index contributed by atoms with van der Waals surface area (Å²) in [5.74, 6) is 0.445. The molecule has 1 aliphatic rings. The quantitative estimate of drug-likeness (QED) is 0.365. The predicted octanol–water partition coefficient (Wildman–Crippen LogP) is 3.75. The lowest BCUT2D eigenvalue weighted by atomic mass is 10.1. The Balaban J connectivity index is 1.56. The van der Waals surface area contributed by atoms with Crippen molar-refractivity contribution in [2.75, 3.05) is 11.1 Å². The van der Waals surface area contributed by atoms with Crippen LogP contribution in [0.4, 0.5) is 15.9 Å². The topological polar surface area (TPSA) is 128 Å². The molecule has 4 aromatic rings. The van der Waals surface area contributed by atoms with Crippen molar-refractivity contribution in [1.82, 2.24) is 20.0 Å². The van der Waals surface area contributed by atoms with Gasteiger partial charge >= 0.3 is 0 Å². The first-order valence-corrected chi connectivity index (χ1v) is 11.1. The number of alkyl halides is 1. The van der Waals surface area contributed by atoms with E-state index in [1.54, 1.807) is 41.1 Å². The Labute approximate surface area is 199 Å². The number of anilines is 2. The van der Waals surface area contributed by atoms with Crippen molar-refractivity contribution in [3.8, 4) is 22.7 Å². The molecule has 2 aromatic carbocycles. The van der Waals surface area contributed by atoms with Crippen LogP contribution in [0.5, 0.6) is 5.75 Å². The number of nitrogens with one attached hydrogen (secondary N) is 2. The summed E-state index contributed by atoms with van der Waals surface area (Å²) in [6.07, 6.45) is 1.84. The van der Waals surface area contributed by atoms with Crippen LogP contribution in [0, 0.1) is 0 Å². The number of rotatable bonds is 6. The number of nitrogens with zero attached hydrogens (tertiary/aromatic N) is 3. The second kappa shape index (κ2) is 9.05. The van der Waals surface area contributed by atoms with Gasteiger partial charge in [0.15, 0.2) is 11.3 Å². The van der Waals surface area contributed by atoms with Gasteiger partial charge in [0.05, 0.1) is 16.8 Å². The standard InChI is InChI=1S/C25H23FN6O3/c1-2-20(33)28-16-6-8-17(9-7-16)32-23(21-22(31-32)25(34)30-29-24(21)27)14-3-10-18(11-4-14)35-19-12-5-15(26)13-19/h2-4,6-11,15,19H,1,5,12-13H2,(H2,27,29)(H,28,33)(H,30,34). The van der Waals surface area contributed by atoms with Gasteiger partial charge in [-0.05, 0) is 67.4 Å². The number of aromatic amines is 1. The van der Waals surface area contributed by atoms with E-state index in [-0.39, 0.29) is 23.3 Å². The number of nitrogens with two attached hydrogens (primary N) is 1. The van der Waals surface area contributed by atoms with Crippen LogP contribution in [-0.2, 0) is 4.79 Å². The lowest BCUT2D eigenvalue weighted by molar-refractivity contribution is -0.111. The van der Waals surface area contributed by atoms with Gasteiger partial charge in [0.25, 0.3) is 5.56 Å². The number of nitrogen functional groups attached to an aromatic ring is 1. The van der Waals surface area contributed by atoms with Crippen LogP contribution >= 0.6 is 0 Å². The molecule has 1 aliphatic carbocycles. The van der Waals surface area contributed by atoms with E-state index in [1.807, 2.05) is 12.1 Å². The first-order valence-electron chi connectivity index (χ1n) is 11.1. The second-order valence-corrected chi connectivity index (χ2v) is 8.34. The predicted molar refractivity (Wildman–Crippen MR) is 131 cm³/mol. The van der Waals surface area contributed by atoms with Gasteiger partial charge in [-0.3, -0.25) is 9.59 Å². The van der Waals surface area contributed by atoms with Crippen LogP contribution in [0.1, 0.15) is 19.3 Å². The fourth-order valence-corrected chi connectivity index (χ4v) is 4.25. The SMILES string of the molecule is C=CC(=O)Nc1ccc(-n2nc3c(=O)[nH]nc(N)c3c2-c2ccc(OC3CCC(F)C3)cc2)cc1. The van der Waals surface area contributed by atoms with Crippen LogP contribution in [-0.4, -0.2) is 38.2 Å². The summed E-state index contributed by atoms with van der Waals surface area (Å²) in [6, 6.07) is 14.2. The highest BCUT2D eigenvalue weighted by Crippen LogP contribution is 2.34. The third-order valence-corrected chi connectivity index (χ3v) is 5.95. The van der Waals surface area contributed by atoms with Crippen molar-refractivity contribution in [3.63, 3.8) is 0 Å². The Morgan fingerprint density at radius 1 is 1.20 bits per heavy atom. The van der Waals surface area contributed by atoms with Crippen molar-refractivity contribution < 1.29 is 13.9 Å². The van der Waals surface area contributed by atoms with Gasteiger partial charge in [-0.2, -0.15) is 10.2 Å². The Hall–Kier alpha value is -4.47. The van der Waals surface area contributed by atoms with E-state index in [1.165, 1.54) is 6.08 Å². The molecule has 2 atom stereocenters. The normalized spacial score (nSPS) is 17.4. The summed E-state index contributed by atoms with van der Waals surface area (Å²) >= 11 is 0. The smallest absolute Gasteiger partial charge is 0.292 e. The maximum atomic E-state index is 13.5. The number of benzene rings is 2. The summed E-state index contributed by atoms with van der Waals surface area (Å²) < 4.78 is 21.0. The second-order valence-electron chi connectivity index (χ2n) is 8.34. The molecule has 0 spiro atoms. The summed E-state index contributed by atoms with van der Waals surface area (Å²) in [5.41, 5.74) is 8.37. The minimum Gasteiger partial charge on any atom is -0.490 e. The Kier molecular flexibility index (Phi) is 5.77. The average molecular weight is 474 g/mol. The fourth-order valence-electron chi connectivity index (χ4n) is 4.25. The molecule has 1 fully saturated rings. The monoisotopic (exact) mass is 474 g/mol. The van der Waals surface area contributed by atoms with Gasteiger partial charge < -0.3 is 15.8 Å². The minimum atomic E-state index is -0.815. The summed E-state index contributed by atoms with van der Waals surface area (Å²) in [5, 5.41) is 13.9. The number of carbonyl (C=O) groups excluding carboxylic acids is 1. The van der Waals surface area contributed by atoms with E-state index in [4.69, 9.17) is 10.5 Å². The third-order valence-electron chi connectivity index (χ3n) is 5.95. The fraction of sp³-hybridized carbons (Fsp3) is 0.200. The molecule has 2 unspecified atom stereocenters. The number of carbonyl (C=O) groups is 1. The van der Waals surface area contributed by atoms with Gasteiger partial charge in [-0.25, -0.2) is 14.2 Å². The molecule has 5 rings (SSSR count). The molecule has 10 heteroatoms. The zero-order chi connectivity index (χ0) is 24.5. The van der Waals surface area contributed by atoms with Crippen LogP contribution in [0.2, 0.25) is 0 Å². The molecule has 2 aromatic heterocycles. The molecule has 2 heterocycles. The van der Waals surface area contributed by atoms with E-state index in [0.717, 1.165) is 5.56 Å². The summed E-state index contributed by atoms with van der Waals surface area (Å²) in [6.45, 7) is 3.44. The van der Waals surface area contributed by atoms with Gasteiger partial charge in [0.1, 0.15) is 18.0 Å². The highest BCUT2D eigenvalue weighted by atomic mass is 19.1. The van der Waals surface area contributed by atoms with Crippen LogP contribution < -0.4 is 21.3 Å². The molecule has 178 valence electrons. The highest BCUT2D eigenvalue weighted by Gasteiger charge is 2.26. The number of ether oxygens (including phenoxy) is 1. The molecule has 1 saturated carbocycles. The number of amides is 1. The average Bonchev–Trinajstić information content (AvgIpc) is 3.47. The van der Waals surface area contributed by atoms with Gasteiger partial charge in [0.2, 0.25) is 5.91 Å². The summed E-state index contributed by atoms with van der Waals surface area (Å²) in [4.78, 5) is 24.1. The largest absolute Gasteiger partial charge is 0.490 e. The van der Waals surface area contributed by atoms with E-state index in [9.17, 15) is 14.0 Å². The highest BCUT2D eigenvalue weighted by molar-refractivity contribution is 6.00. The maximum absolute atomic E-state index is 13.5. The number of H-pyrrole nitrogens is 1.